The summed E-state index contributed by atoms with van der Waals surface area (Å²) in [6.45, 7) is 1.31. The number of anilines is 1. The lowest BCUT2D eigenvalue weighted by Gasteiger charge is -2.37. The first kappa shape index (κ1) is 15.4. The van der Waals surface area contributed by atoms with Crippen LogP contribution in [0.3, 0.4) is 0 Å². The van der Waals surface area contributed by atoms with Gasteiger partial charge in [0.15, 0.2) is 0 Å². The quantitative estimate of drug-likeness (QED) is 0.928. The molecule has 2 aromatic heterocycles. The molecule has 2 aliphatic rings. The van der Waals surface area contributed by atoms with Crippen LogP contribution < -0.4 is 10.2 Å². The Morgan fingerprint density at radius 3 is 2.83 bits per heavy atom. The molecule has 1 aliphatic heterocycles. The van der Waals surface area contributed by atoms with Crippen LogP contribution in [-0.4, -0.2) is 45.7 Å². The average molecular weight is 331 g/mol. The molecule has 4 rings (SSSR count). The number of nitrogens with zero attached hydrogens (tertiary/aromatic N) is 4. The number of piperidine rings is 1. The first-order chi connectivity index (χ1) is 11.6. The second kappa shape index (κ2) is 5.72. The van der Waals surface area contributed by atoms with E-state index >= 15 is 0 Å². The summed E-state index contributed by atoms with van der Waals surface area (Å²) in [7, 11) is 1.95. The molecule has 2 fully saturated rings. The molecule has 3 heterocycles. The Kier molecular flexibility index (Phi) is 3.66. The number of nitrogens with one attached hydrogen (secondary N) is 1. The summed E-state index contributed by atoms with van der Waals surface area (Å²) in [6, 6.07) is 2.00. The lowest BCUT2D eigenvalue weighted by Crippen LogP contribution is -2.48. The minimum absolute atomic E-state index is 0.0104. The fourth-order valence-electron chi connectivity index (χ4n) is 3.35. The van der Waals surface area contributed by atoms with Gasteiger partial charge in [-0.05, 0) is 18.9 Å². The van der Waals surface area contributed by atoms with Crippen LogP contribution in [0.1, 0.15) is 25.7 Å². The maximum atomic E-state index is 14.9. The SMILES string of the molecule is Cn1ccc2c(N3CCC(F)(CNC(=O)C4CC4)CC3)ncnc21. The normalized spacial score (nSPS) is 20.3. The van der Waals surface area contributed by atoms with Crippen molar-refractivity contribution in [3.8, 4) is 0 Å². The van der Waals surface area contributed by atoms with Crippen molar-refractivity contribution in [3.05, 3.63) is 18.6 Å². The number of hydrogen-bond acceptors (Lipinski definition) is 4. The van der Waals surface area contributed by atoms with Crippen molar-refractivity contribution < 1.29 is 9.18 Å². The van der Waals surface area contributed by atoms with Gasteiger partial charge in [-0.15, -0.1) is 0 Å². The van der Waals surface area contributed by atoms with Gasteiger partial charge in [-0.25, -0.2) is 14.4 Å². The van der Waals surface area contributed by atoms with Crippen LogP contribution in [0, 0.1) is 5.92 Å². The van der Waals surface area contributed by atoms with E-state index < -0.39 is 5.67 Å². The van der Waals surface area contributed by atoms with Crippen molar-refractivity contribution in [2.75, 3.05) is 24.5 Å². The van der Waals surface area contributed by atoms with Gasteiger partial charge in [0, 0.05) is 45.1 Å². The molecule has 7 heteroatoms. The number of rotatable bonds is 4. The van der Waals surface area contributed by atoms with Gasteiger partial charge in [0.2, 0.25) is 5.91 Å². The first-order valence-corrected chi connectivity index (χ1v) is 8.53. The number of carbonyl (C=O) groups excluding carboxylic acids is 1. The Morgan fingerprint density at radius 2 is 2.12 bits per heavy atom. The van der Waals surface area contributed by atoms with E-state index in [1.165, 1.54) is 0 Å². The van der Waals surface area contributed by atoms with E-state index in [1.54, 1.807) is 6.33 Å². The van der Waals surface area contributed by atoms with Crippen molar-refractivity contribution in [2.45, 2.75) is 31.4 Å². The monoisotopic (exact) mass is 331 g/mol. The van der Waals surface area contributed by atoms with Gasteiger partial charge >= 0.3 is 0 Å². The topological polar surface area (TPSA) is 63.0 Å². The third-order valence-corrected chi connectivity index (χ3v) is 5.13. The smallest absolute Gasteiger partial charge is 0.223 e. The lowest BCUT2D eigenvalue weighted by molar-refractivity contribution is -0.123. The lowest BCUT2D eigenvalue weighted by atomic mass is 9.93. The molecule has 0 aromatic carbocycles. The van der Waals surface area contributed by atoms with Crippen LogP contribution in [0.5, 0.6) is 0 Å². The predicted octanol–water partition coefficient (Wildman–Crippen LogP) is 1.80. The standard InChI is InChI=1S/C17H22FN5O/c1-22-7-4-13-14(22)20-11-21-15(13)23-8-5-17(18,6-9-23)10-19-16(24)12-2-3-12/h4,7,11-12H,2-3,5-6,8-10H2,1H3,(H,19,24). The van der Waals surface area contributed by atoms with Crippen LogP contribution in [0.2, 0.25) is 0 Å². The number of hydrogen-bond donors (Lipinski definition) is 1. The molecule has 1 saturated carbocycles. The summed E-state index contributed by atoms with van der Waals surface area (Å²) >= 11 is 0. The van der Waals surface area contributed by atoms with Gasteiger partial charge < -0.3 is 14.8 Å². The van der Waals surface area contributed by atoms with E-state index in [9.17, 15) is 9.18 Å². The summed E-state index contributed by atoms with van der Waals surface area (Å²) < 4.78 is 16.9. The number of amides is 1. The Labute approximate surface area is 140 Å². The maximum Gasteiger partial charge on any atom is 0.223 e. The molecule has 0 spiro atoms. The third kappa shape index (κ3) is 2.83. The second-order valence-corrected chi connectivity index (χ2v) is 6.99. The van der Waals surface area contributed by atoms with Crippen molar-refractivity contribution >= 4 is 22.8 Å². The molecule has 1 amide bonds. The number of alkyl halides is 1. The number of carbonyl (C=O) groups is 1. The Hall–Kier alpha value is -2.18. The number of fused-ring (bicyclic) bond motifs is 1. The summed E-state index contributed by atoms with van der Waals surface area (Å²) in [4.78, 5) is 22.5. The largest absolute Gasteiger partial charge is 0.356 e. The van der Waals surface area contributed by atoms with Crippen LogP contribution in [0.25, 0.3) is 11.0 Å². The highest BCUT2D eigenvalue weighted by atomic mass is 19.1. The highest BCUT2D eigenvalue weighted by Gasteiger charge is 2.37. The molecule has 0 unspecified atom stereocenters. The van der Waals surface area contributed by atoms with Gasteiger partial charge in [0.1, 0.15) is 23.5 Å². The molecule has 6 nitrogen and oxygen atoms in total. The minimum Gasteiger partial charge on any atom is -0.356 e. The molecule has 0 radical (unpaired) electrons. The van der Waals surface area contributed by atoms with Crippen LogP contribution in [0.15, 0.2) is 18.6 Å². The average Bonchev–Trinajstić information content (AvgIpc) is 3.37. The summed E-state index contributed by atoms with van der Waals surface area (Å²) in [5, 5.41) is 3.77. The second-order valence-electron chi connectivity index (χ2n) is 6.99. The van der Waals surface area contributed by atoms with Crippen molar-refractivity contribution in [3.63, 3.8) is 0 Å². The van der Waals surface area contributed by atoms with E-state index in [4.69, 9.17) is 0 Å². The van der Waals surface area contributed by atoms with Crippen molar-refractivity contribution in [2.24, 2.45) is 13.0 Å². The Morgan fingerprint density at radius 1 is 1.38 bits per heavy atom. The van der Waals surface area contributed by atoms with Crippen molar-refractivity contribution in [1.29, 1.82) is 0 Å². The third-order valence-electron chi connectivity index (χ3n) is 5.13. The summed E-state index contributed by atoms with van der Waals surface area (Å²) in [5.74, 6) is 1.00. The molecule has 24 heavy (non-hydrogen) atoms. The van der Waals surface area contributed by atoms with Gasteiger partial charge in [-0.2, -0.15) is 0 Å². The highest BCUT2D eigenvalue weighted by Crippen LogP contribution is 2.32. The summed E-state index contributed by atoms with van der Waals surface area (Å²) in [5.41, 5.74) is -0.432. The Balaban J connectivity index is 1.42. The number of halogens is 1. The van der Waals surface area contributed by atoms with E-state index in [0.29, 0.717) is 25.9 Å². The van der Waals surface area contributed by atoms with Gasteiger partial charge in [-0.3, -0.25) is 4.79 Å². The highest BCUT2D eigenvalue weighted by molar-refractivity contribution is 5.87. The molecule has 0 atom stereocenters. The van der Waals surface area contributed by atoms with Gasteiger partial charge in [0.25, 0.3) is 0 Å². The molecule has 1 N–H and O–H groups in total. The predicted molar refractivity (Wildman–Crippen MR) is 89.5 cm³/mol. The maximum absolute atomic E-state index is 14.9. The molecule has 0 bridgehead atoms. The van der Waals surface area contributed by atoms with Gasteiger partial charge in [0.05, 0.1) is 11.9 Å². The van der Waals surface area contributed by atoms with E-state index in [1.807, 2.05) is 23.9 Å². The zero-order valence-electron chi connectivity index (χ0n) is 13.8. The Bertz CT molecular complexity index is 761. The van der Waals surface area contributed by atoms with Crippen LogP contribution in [0.4, 0.5) is 10.2 Å². The van der Waals surface area contributed by atoms with Crippen LogP contribution in [-0.2, 0) is 11.8 Å². The fraction of sp³-hybridized carbons (Fsp3) is 0.588. The van der Waals surface area contributed by atoms with E-state index in [2.05, 4.69) is 20.2 Å². The molecule has 128 valence electrons. The zero-order valence-corrected chi connectivity index (χ0v) is 13.8. The van der Waals surface area contributed by atoms with Gasteiger partial charge in [-0.1, -0.05) is 0 Å². The number of aromatic nitrogens is 3. The van der Waals surface area contributed by atoms with E-state index in [-0.39, 0.29) is 18.4 Å². The molecule has 2 aromatic rings. The number of aryl methyl sites for hydroxylation is 1. The first-order valence-electron chi connectivity index (χ1n) is 8.53. The van der Waals surface area contributed by atoms with Crippen LogP contribution >= 0.6 is 0 Å². The summed E-state index contributed by atoms with van der Waals surface area (Å²) in [6.07, 6.45) is 6.20. The van der Waals surface area contributed by atoms with E-state index in [0.717, 1.165) is 29.7 Å². The molecular weight excluding hydrogens is 309 g/mol. The zero-order chi connectivity index (χ0) is 16.7. The molecule has 1 saturated heterocycles. The fourth-order valence-corrected chi connectivity index (χ4v) is 3.35. The molecular formula is C17H22FN5O. The molecule has 1 aliphatic carbocycles. The van der Waals surface area contributed by atoms with Crippen molar-refractivity contribution in [1.82, 2.24) is 19.9 Å². The minimum atomic E-state index is -1.32.